The van der Waals surface area contributed by atoms with Gasteiger partial charge >= 0.3 is 6.03 Å². The van der Waals surface area contributed by atoms with Crippen LogP contribution in [0.2, 0.25) is 0 Å². The molecule has 2 aliphatic rings. The highest BCUT2D eigenvalue weighted by molar-refractivity contribution is 5.87. The topological polar surface area (TPSA) is 76.1 Å². The quantitative estimate of drug-likeness (QED) is 0.732. The Morgan fingerprint density at radius 1 is 1.31 bits per heavy atom. The van der Waals surface area contributed by atoms with Crippen molar-refractivity contribution >= 4 is 11.9 Å². The van der Waals surface area contributed by atoms with Crippen LogP contribution in [-0.2, 0) is 4.79 Å². The minimum absolute atomic E-state index is 0.00221. The average Bonchev–Trinajstić information content (AvgIpc) is 2.63. The summed E-state index contributed by atoms with van der Waals surface area (Å²) in [5.41, 5.74) is 1.99. The molecule has 0 spiro atoms. The van der Waals surface area contributed by atoms with Gasteiger partial charge in [0.2, 0.25) is 5.91 Å². The molecule has 2 fully saturated rings. The van der Waals surface area contributed by atoms with Gasteiger partial charge in [-0.3, -0.25) is 9.69 Å². The summed E-state index contributed by atoms with van der Waals surface area (Å²) < 4.78 is 0. The maximum absolute atomic E-state index is 12.6. The van der Waals surface area contributed by atoms with Crippen molar-refractivity contribution in [2.45, 2.75) is 37.9 Å². The molecule has 2 N–H and O–H groups in total. The van der Waals surface area contributed by atoms with E-state index < -0.39 is 0 Å². The molecule has 0 unspecified atom stereocenters. The van der Waals surface area contributed by atoms with E-state index in [9.17, 15) is 14.7 Å². The predicted molar refractivity (Wildman–Crippen MR) is 111 cm³/mol. The summed E-state index contributed by atoms with van der Waals surface area (Å²) in [6.45, 7) is 4.92. The Morgan fingerprint density at radius 3 is 2.59 bits per heavy atom. The monoisotopic (exact) mass is 398 g/mol. The largest absolute Gasteiger partial charge is 0.394 e. The second-order valence-electron chi connectivity index (χ2n) is 8.29. The SMILES string of the molecule is CC(C)NC(=O)N1CC(=O)N2[C@H](CO)[C@@H](c3ccc(C#CCN(C)C)cc3)[C@@H]2C1. The van der Waals surface area contributed by atoms with Gasteiger partial charge in [-0.1, -0.05) is 24.0 Å². The number of nitrogens with one attached hydrogen (secondary N) is 1. The molecule has 2 saturated heterocycles. The minimum Gasteiger partial charge on any atom is -0.394 e. The second-order valence-corrected chi connectivity index (χ2v) is 8.29. The number of aliphatic hydroxyl groups is 1. The minimum atomic E-state index is -0.242. The lowest BCUT2D eigenvalue weighted by Gasteiger charge is -2.58. The summed E-state index contributed by atoms with van der Waals surface area (Å²) in [4.78, 5) is 30.3. The molecule has 2 aliphatic heterocycles. The van der Waals surface area contributed by atoms with Crippen molar-refractivity contribution in [1.29, 1.82) is 0 Å². The van der Waals surface area contributed by atoms with E-state index in [1.807, 2.05) is 57.1 Å². The zero-order chi connectivity index (χ0) is 21.1. The van der Waals surface area contributed by atoms with Gasteiger partial charge in [-0.15, -0.1) is 0 Å². The number of amides is 3. The summed E-state index contributed by atoms with van der Waals surface area (Å²) >= 11 is 0. The van der Waals surface area contributed by atoms with E-state index >= 15 is 0 Å². The first-order valence-corrected chi connectivity index (χ1v) is 10.0. The van der Waals surface area contributed by atoms with Gasteiger partial charge in [0.15, 0.2) is 0 Å². The zero-order valence-electron chi connectivity index (χ0n) is 17.6. The molecule has 156 valence electrons. The molecule has 1 aromatic carbocycles. The van der Waals surface area contributed by atoms with Crippen molar-refractivity contribution in [3.05, 3.63) is 35.4 Å². The number of fused-ring (bicyclic) bond motifs is 1. The van der Waals surface area contributed by atoms with Crippen molar-refractivity contribution in [1.82, 2.24) is 20.0 Å². The van der Waals surface area contributed by atoms with Gasteiger partial charge in [0.05, 0.1) is 25.2 Å². The van der Waals surface area contributed by atoms with Crippen LogP contribution in [0, 0.1) is 11.8 Å². The Kier molecular flexibility index (Phi) is 6.46. The van der Waals surface area contributed by atoms with Crippen LogP contribution in [0.5, 0.6) is 0 Å². The summed E-state index contributed by atoms with van der Waals surface area (Å²) in [7, 11) is 3.96. The van der Waals surface area contributed by atoms with Crippen LogP contribution in [0.15, 0.2) is 24.3 Å². The third-order valence-electron chi connectivity index (χ3n) is 5.38. The maximum Gasteiger partial charge on any atom is 0.318 e. The second kappa shape index (κ2) is 8.85. The van der Waals surface area contributed by atoms with Gasteiger partial charge in [-0.2, -0.15) is 0 Å². The molecule has 0 aliphatic carbocycles. The highest BCUT2D eigenvalue weighted by Gasteiger charge is 2.54. The van der Waals surface area contributed by atoms with Gasteiger partial charge in [-0.05, 0) is 45.6 Å². The van der Waals surface area contributed by atoms with E-state index in [0.717, 1.165) is 11.1 Å². The number of urea groups is 1. The molecule has 2 heterocycles. The van der Waals surface area contributed by atoms with Crippen LogP contribution in [-0.4, -0.2) is 90.2 Å². The number of carbonyl (C=O) groups is 2. The summed E-state index contributed by atoms with van der Waals surface area (Å²) in [5, 5.41) is 12.7. The molecule has 7 nitrogen and oxygen atoms in total. The van der Waals surface area contributed by atoms with Gasteiger partial charge < -0.3 is 20.2 Å². The van der Waals surface area contributed by atoms with Crippen LogP contribution < -0.4 is 5.32 Å². The van der Waals surface area contributed by atoms with Crippen molar-refractivity contribution in [2.24, 2.45) is 0 Å². The number of hydrogen-bond donors (Lipinski definition) is 2. The number of piperazine rings is 1. The summed E-state index contributed by atoms with van der Waals surface area (Å²) in [6, 6.07) is 7.42. The van der Waals surface area contributed by atoms with Crippen LogP contribution in [0.3, 0.4) is 0 Å². The first kappa shape index (κ1) is 21.2. The molecule has 29 heavy (non-hydrogen) atoms. The van der Waals surface area contributed by atoms with Gasteiger partial charge in [-0.25, -0.2) is 4.79 Å². The normalized spacial score (nSPS) is 23.4. The Hall–Kier alpha value is -2.56. The predicted octanol–water partition coefficient (Wildman–Crippen LogP) is 0.689. The lowest BCUT2D eigenvalue weighted by atomic mass is 9.73. The third-order valence-corrected chi connectivity index (χ3v) is 5.38. The highest BCUT2D eigenvalue weighted by atomic mass is 16.3. The average molecular weight is 399 g/mol. The fourth-order valence-corrected chi connectivity index (χ4v) is 4.08. The number of benzene rings is 1. The summed E-state index contributed by atoms with van der Waals surface area (Å²) in [6.07, 6.45) is 0. The first-order valence-electron chi connectivity index (χ1n) is 10.0. The van der Waals surface area contributed by atoms with E-state index in [1.165, 1.54) is 0 Å². The maximum atomic E-state index is 12.6. The smallest absolute Gasteiger partial charge is 0.318 e. The molecule has 7 heteroatoms. The Labute approximate surface area is 172 Å². The molecule has 0 saturated carbocycles. The molecule has 3 atom stereocenters. The number of rotatable bonds is 4. The Bertz CT molecular complexity index is 810. The van der Waals surface area contributed by atoms with E-state index in [4.69, 9.17) is 0 Å². The molecule has 3 amide bonds. The number of nitrogens with zero attached hydrogens (tertiary/aromatic N) is 3. The number of hydrogen-bond acceptors (Lipinski definition) is 4. The Morgan fingerprint density at radius 2 is 2.00 bits per heavy atom. The van der Waals surface area contributed by atoms with Crippen LogP contribution in [0.4, 0.5) is 4.79 Å². The fraction of sp³-hybridized carbons (Fsp3) is 0.545. The number of aliphatic hydroxyl groups excluding tert-OH is 1. The Balaban J connectivity index is 1.75. The molecular weight excluding hydrogens is 368 g/mol. The van der Waals surface area contributed by atoms with Crippen LogP contribution >= 0.6 is 0 Å². The van der Waals surface area contributed by atoms with Crippen molar-refractivity contribution in [3.63, 3.8) is 0 Å². The first-order chi connectivity index (χ1) is 13.8. The molecular formula is C22H30N4O3. The lowest BCUT2D eigenvalue weighted by molar-refractivity contribution is -0.159. The molecule has 1 aromatic rings. The van der Waals surface area contributed by atoms with E-state index in [-0.39, 0.29) is 49.1 Å². The van der Waals surface area contributed by atoms with Crippen molar-refractivity contribution < 1.29 is 14.7 Å². The zero-order valence-corrected chi connectivity index (χ0v) is 17.6. The van der Waals surface area contributed by atoms with E-state index in [0.29, 0.717) is 13.1 Å². The van der Waals surface area contributed by atoms with Gasteiger partial charge in [0, 0.05) is 24.1 Å². The molecule has 0 aromatic heterocycles. The van der Waals surface area contributed by atoms with Crippen LogP contribution in [0.25, 0.3) is 0 Å². The lowest BCUT2D eigenvalue weighted by Crippen LogP contribution is -2.74. The van der Waals surface area contributed by atoms with Crippen LogP contribution in [0.1, 0.15) is 30.9 Å². The molecule has 0 radical (unpaired) electrons. The van der Waals surface area contributed by atoms with Gasteiger partial charge in [0.25, 0.3) is 0 Å². The third kappa shape index (κ3) is 4.55. The molecule has 0 bridgehead atoms. The highest BCUT2D eigenvalue weighted by Crippen LogP contribution is 2.42. The number of carbonyl (C=O) groups excluding carboxylic acids is 2. The molecule has 3 rings (SSSR count). The van der Waals surface area contributed by atoms with E-state index in [1.54, 1.807) is 9.80 Å². The van der Waals surface area contributed by atoms with Crippen molar-refractivity contribution in [3.8, 4) is 11.8 Å². The van der Waals surface area contributed by atoms with Gasteiger partial charge in [0.1, 0.15) is 6.54 Å². The fourth-order valence-electron chi connectivity index (χ4n) is 4.08. The van der Waals surface area contributed by atoms with Crippen molar-refractivity contribution in [2.75, 3.05) is 40.3 Å². The standard InChI is InChI=1S/C22H30N4O3/c1-15(2)23-22(29)25-12-18-21(19(14-27)26(18)20(28)13-25)17-9-7-16(8-10-17)6-5-11-24(3)4/h7-10,15,18-19,21,27H,11-14H2,1-4H3,(H,23,29)/t18-,19+,21-/m0/s1. The van der Waals surface area contributed by atoms with E-state index in [2.05, 4.69) is 17.2 Å². The summed E-state index contributed by atoms with van der Waals surface area (Å²) in [5.74, 6) is 6.15.